The van der Waals surface area contributed by atoms with E-state index in [4.69, 9.17) is 16.3 Å². The van der Waals surface area contributed by atoms with Gasteiger partial charge in [0.25, 0.3) is 0 Å². The number of rotatable bonds is 3. The average Bonchev–Trinajstić information content (AvgIpc) is 3.25. The maximum Gasteiger partial charge on any atom is 0.204 e. The van der Waals surface area contributed by atoms with Gasteiger partial charge in [0, 0.05) is 21.7 Å². The number of hydrogen-bond donors (Lipinski definition) is 0. The van der Waals surface area contributed by atoms with Gasteiger partial charge in [-0.05, 0) is 11.6 Å². The zero-order chi connectivity index (χ0) is 19.3. The Hall–Kier alpha value is -3.17. The summed E-state index contributed by atoms with van der Waals surface area (Å²) >= 11 is 6.47. The highest BCUT2D eigenvalue weighted by molar-refractivity contribution is 6.32. The van der Waals surface area contributed by atoms with Crippen molar-refractivity contribution in [3.8, 4) is 0 Å². The minimum Gasteiger partial charge on any atom is -0.480 e. The van der Waals surface area contributed by atoms with Crippen LogP contribution in [0.25, 0.3) is 5.76 Å². The Morgan fingerprint density at radius 3 is 2.21 bits per heavy atom. The van der Waals surface area contributed by atoms with Gasteiger partial charge in [0.1, 0.15) is 5.76 Å². The Bertz CT molecular complexity index is 1150. The first-order valence-corrected chi connectivity index (χ1v) is 9.43. The van der Waals surface area contributed by atoms with Gasteiger partial charge < -0.3 is 4.74 Å². The molecule has 0 unspecified atom stereocenters. The molecule has 1 aliphatic heterocycles. The summed E-state index contributed by atoms with van der Waals surface area (Å²) in [6.45, 7) is 0. The molecule has 0 amide bonds. The third kappa shape index (κ3) is 2.44. The van der Waals surface area contributed by atoms with Crippen LogP contribution in [0.15, 0.2) is 84.4 Å². The quantitative estimate of drug-likeness (QED) is 0.573. The molecule has 0 saturated carbocycles. The molecule has 1 heterocycles. The van der Waals surface area contributed by atoms with E-state index in [2.05, 4.69) is 0 Å². The largest absolute Gasteiger partial charge is 0.480 e. The monoisotopic (exact) mass is 386 g/mol. The van der Waals surface area contributed by atoms with E-state index in [0.717, 1.165) is 11.1 Å². The van der Waals surface area contributed by atoms with E-state index in [1.807, 2.05) is 54.6 Å². The molecule has 3 aromatic carbocycles. The number of benzene rings is 3. The molecule has 0 N–H and O–H groups in total. The molecule has 2 aliphatic rings. The second-order valence-electron chi connectivity index (χ2n) is 6.89. The molecule has 2 atom stereocenters. The molecule has 28 heavy (non-hydrogen) atoms. The molecule has 3 nitrogen and oxygen atoms in total. The molecule has 0 fully saturated rings. The summed E-state index contributed by atoms with van der Waals surface area (Å²) in [6.07, 6.45) is -0.829. The van der Waals surface area contributed by atoms with Gasteiger partial charge in [0.15, 0.2) is 11.9 Å². The molecule has 3 aromatic rings. The van der Waals surface area contributed by atoms with Crippen molar-refractivity contribution in [2.45, 2.75) is 12.0 Å². The van der Waals surface area contributed by atoms with E-state index in [1.165, 1.54) is 0 Å². The van der Waals surface area contributed by atoms with E-state index in [-0.39, 0.29) is 11.6 Å². The van der Waals surface area contributed by atoms with Crippen molar-refractivity contribution in [2.24, 2.45) is 0 Å². The molecule has 4 heteroatoms. The maximum atomic E-state index is 13.3. The summed E-state index contributed by atoms with van der Waals surface area (Å²) in [5, 5.41) is 0.513. The fraction of sp³-hybridized carbons (Fsp3) is 0.0833. The number of halogens is 1. The fourth-order valence-electron chi connectivity index (χ4n) is 4.05. The summed E-state index contributed by atoms with van der Waals surface area (Å²) in [6, 6.07) is 23.7. The molecular formula is C24H15ClO3. The number of ether oxygens (including phenoxy) is 1. The van der Waals surface area contributed by atoms with Crippen LogP contribution in [0.1, 0.15) is 37.8 Å². The third-order valence-electron chi connectivity index (χ3n) is 5.32. The standard InChI is InChI=1S/C24H15ClO3/c25-18-13-7-6-12-17(18)19-20-22(27)15-10-4-5-11-16(15)23(20)28-24(19)21(26)14-8-2-1-3-9-14/h1-13,19,24H/t19-,24-/m1/s1. The van der Waals surface area contributed by atoms with E-state index in [1.54, 1.807) is 24.3 Å². The van der Waals surface area contributed by atoms with Crippen LogP contribution in [0.3, 0.4) is 0 Å². The predicted octanol–water partition coefficient (Wildman–Crippen LogP) is 5.31. The highest BCUT2D eigenvalue weighted by Gasteiger charge is 2.49. The Morgan fingerprint density at radius 2 is 1.46 bits per heavy atom. The highest BCUT2D eigenvalue weighted by Crippen LogP contribution is 2.51. The van der Waals surface area contributed by atoms with Gasteiger partial charge in [0.05, 0.1) is 11.5 Å². The molecule has 136 valence electrons. The van der Waals surface area contributed by atoms with Gasteiger partial charge in [-0.15, -0.1) is 0 Å². The molecule has 0 spiro atoms. The lowest BCUT2D eigenvalue weighted by molar-refractivity contribution is 0.0750. The molecule has 0 aromatic heterocycles. The predicted molar refractivity (Wildman–Crippen MR) is 108 cm³/mol. The SMILES string of the molecule is O=C1C2=C(O[C@@H](C(=O)c3ccccc3)[C@@H]2c2ccccc2Cl)c2ccccc21. The minimum absolute atomic E-state index is 0.0983. The molecular weight excluding hydrogens is 372 g/mol. The Morgan fingerprint density at radius 1 is 0.821 bits per heavy atom. The Kier molecular flexibility index (Phi) is 3.92. The van der Waals surface area contributed by atoms with Crippen LogP contribution in [0.4, 0.5) is 0 Å². The van der Waals surface area contributed by atoms with Gasteiger partial charge in [-0.3, -0.25) is 9.59 Å². The fourth-order valence-corrected chi connectivity index (χ4v) is 4.30. The zero-order valence-electron chi connectivity index (χ0n) is 14.8. The lowest BCUT2D eigenvalue weighted by Crippen LogP contribution is -2.29. The first-order chi connectivity index (χ1) is 13.7. The van der Waals surface area contributed by atoms with Gasteiger partial charge in [-0.2, -0.15) is 0 Å². The van der Waals surface area contributed by atoms with Crippen LogP contribution in [0.2, 0.25) is 5.02 Å². The molecule has 0 saturated heterocycles. The number of carbonyl (C=O) groups is 2. The molecule has 0 radical (unpaired) electrons. The van der Waals surface area contributed by atoms with Crippen LogP contribution in [-0.2, 0) is 4.74 Å². The Balaban J connectivity index is 1.67. The lowest BCUT2D eigenvalue weighted by atomic mass is 9.83. The molecule has 0 bridgehead atoms. The summed E-state index contributed by atoms with van der Waals surface area (Å²) in [4.78, 5) is 26.5. The summed E-state index contributed by atoms with van der Waals surface area (Å²) < 4.78 is 6.17. The number of Topliss-reactive ketones (excluding diaryl/α,β-unsaturated/α-hetero) is 2. The van der Waals surface area contributed by atoms with E-state index in [9.17, 15) is 9.59 Å². The smallest absolute Gasteiger partial charge is 0.204 e. The van der Waals surface area contributed by atoms with Crippen molar-refractivity contribution in [1.29, 1.82) is 0 Å². The number of carbonyl (C=O) groups excluding carboxylic acids is 2. The van der Waals surface area contributed by atoms with Crippen LogP contribution in [0.5, 0.6) is 0 Å². The van der Waals surface area contributed by atoms with Crippen LogP contribution >= 0.6 is 11.6 Å². The second-order valence-corrected chi connectivity index (χ2v) is 7.29. The second kappa shape index (κ2) is 6.47. The van der Waals surface area contributed by atoms with Crippen molar-refractivity contribution < 1.29 is 14.3 Å². The number of ketones is 2. The van der Waals surface area contributed by atoms with Gasteiger partial charge in [-0.25, -0.2) is 0 Å². The van der Waals surface area contributed by atoms with Crippen molar-refractivity contribution in [3.63, 3.8) is 0 Å². The number of hydrogen-bond acceptors (Lipinski definition) is 3. The van der Waals surface area contributed by atoms with E-state index in [0.29, 0.717) is 27.5 Å². The van der Waals surface area contributed by atoms with E-state index < -0.39 is 12.0 Å². The van der Waals surface area contributed by atoms with Crippen LogP contribution < -0.4 is 0 Å². The zero-order valence-corrected chi connectivity index (χ0v) is 15.5. The van der Waals surface area contributed by atoms with Gasteiger partial charge >= 0.3 is 0 Å². The molecule has 5 rings (SSSR count). The number of fused-ring (bicyclic) bond motifs is 2. The van der Waals surface area contributed by atoms with Crippen molar-refractivity contribution >= 4 is 28.9 Å². The maximum absolute atomic E-state index is 13.3. The third-order valence-corrected chi connectivity index (χ3v) is 5.67. The lowest BCUT2D eigenvalue weighted by Gasteiger charge is -2.22. The first kappa shape index (κ1) is 17.0. The summed E-state index contributed by atoms with van der Waals surface area (Å²) in [5.74, 6) is -0.305. The van der Waals surface area contributed by atoms with Crippen molar-refractivity contribution in [1.82, 2.24) is 0 Å². The molecule has 1 aliphatic carbocycles. The normalized spacial score (nSPS) is 20.0. The van der Waals surface area contributed by atoms with Gasteiger partial charge in [0.2, 0.25) is 5.78 Å². The van der Waals surface area contributed by atoms with Crippen molar-refractivity contribution in [3.05, 3.63) is 112 Å². The topological polar surface area (TPSA) is 43.4 Å². The highest BCUT2D eigenvalue weighted by atomic mass is 35.5. The van der Waals surface area contributed by atoms with Crippen LogP contribution in [0, 0.1) is 0 Å². The van der Waals surface area contributed by atoms with Crippen LogP contribution in [-0.4, -0.2) is 17.7 Å². The Labute approximate surface area is 167 Å². The van der Waals surface area contributed by atoms with Crippen molar-refractivity contribution in [2.75, 3.05) is 0 Å². The van der Waals surface area contributed by atoms with E-state index >= 15 is 0 Å². The minimum atomic E-state index is -0.829. The average molecular weight is 387 g/mol. The van der Waals surface area contributed by atoms with Gasteiger partial charge in [-0.1, -0.05) is 84.4 Å². The summed E-state index contributed by atoms with van der Waals surface area (Å²) in [5.41, 5.74) is 3.14. The summed E-state index contributed by atoms with van der Waals surface area (Å²) in [7, 11) is 0. The first-order valence-electron chi connectivity index (χ1n) is 9.05.